The average molecular weight is 185 g/mol. The maximum atomic E-state index is 3.33. The van der Waals surface area contributed by atoms with Gasteiger partial charge >= 0.3 is 0 Å². The van der Waals surface area contributed by atoms with Crippen molar-refractivity contribution in [2.45, 2.75) is 20.3 Å². The molecule has 0 aliphatic heterocycles. The molecule has 0 saturated carbocycles. The Kier molecular flexibility index (Phi) is 2.40. The molecule has 14 heavy (non-hydrogen) atoms. The lowest BCUT2D eigenvalue weighted by Crippen LogP contribution is -1.81. The Morgan fingerprint density at radius 2 is 1.71 bits per heavy atom. The third-order valence-corrected chi connectivity index (χ3v) is 2.51. The van der Waals surface area contributed by atoms with E-state index < -0.39 is 0 Å². The smallest absolute Gasteiger partial charge is 0.0455 e. The van der Waals surface area contributed by atoms with Crippen LogP contribution in [0.15, 0.2) is 36.4 Å². The molecular formula is C13H15N. The second kappa shape index (κ2) is 3.70. The zero-order chi connectivity index (χ0) is 9.97. The Hall–Kier alpha value is -1.50. The van der Waals surface area contributed by atoms with Crippen molar-refractivity contribution in [3.63, 3.8) is 0 Å². The Morgan fingerprint density at radius 3 is 2.21 bits per heavy atom. The summed E-state index contributed by atoms with van der Waals surface area (Å²) in [6.07, 6.45) is 1.10. The highest BCUT2D eigenvalue weighted by Gasteiger charge is 1.98. The molecule has 0 fully saturated rings. The SMILES string of the molecule is CCc1ccc(-c2ccc(C)[nH]2)cc1. The van der Waals surface area contributed by atoms with E-state index in [-0.39, 0.29) is 0 Å². The summed E-state index contributed by atoms with van der Waals surface area (Å²) in [7, 11) is 0. The molecule has 72 valence electrons. The second-order valence-electron chi connectivity index (χ2n) is 3.61. The van der Waals surface area contributed by atoms with Gasteiger partial charge in [0.15, 0.2) is 0 Å². The van der Waals surface area contributed by atoms with Gasteiger partial charge in [0, 0.05) is 11.4 Å². The fraction of sp³-hybridized carbons (Fsp3) is 0.231. The molecule has 2 aromatic rings. The van der Waals surface area contributed by atoms with Gasteiger partial charge in [0.2, 0.25) is 0 Å². The van der Waals surface area contributed by atoms with E-state index in [4.69, 9.17) is 0 Å². The summed E-state index contributed by atoms with van der Waals surface area (Å²) in [5, 5.41) is 0. The van der Waals surface area contributed by atoms with Crippen LogP contribution in [0.3, 0.4) is 0 Å². The summed E-state index contributed by atoms with van der Waals surface area (Å²) in [5.74, 6) is 0. The van der Waals surface area contributed by atoms with Crippen LogP contribution in [0.25, 0.3) is 11.3 Å². The van der Waals surface area contributed by atoms with Crippen molar-refractivity contribution in [3.05, 3.63) is 47.7 Å². The van der Waals surface area contributed by atoms with Crippen LogP contribution in [0.2, 0.25) is 0 Å². The van der Waals surface area contributed by atoms with Crippen LogP contribution in [-0.2, 0) is 6.42 Å². The van der Waals surface area contributed by atoms with Gasteiger partial charge in [-0.1, -0.05) is 31.2 Å². The zero-order valence-electron chi connectivity index (χ0n) is 8.67. The molecule has 0 atom stereocenters. The molecular weight excluding hydrogens is 170 g/mol. The molecule has 1 heterocycles. The first kappa shape index (κ1) is 9.07. The van der Waals surface area contributed by atoms with Gasteiger partial charge < -0.3 is 4.98 Å². The highest BCUT2D eigenvalue weighted by Crippen LogP contribution is 2.18. The highest BCUT2D eigenvalue weighted by molar-refractivity contribution is 5.60. The van der Waals surface area contributed by atoms with Crippen molar-refractivity contribution in [2.75, 3.05) is 0 Å². The molecule has 2 rings (SSSR count). The Balaban J connectivity index is 2.33. The summed E-state index contributed by atoms with van der Waals surface area (Å²) in [6.45, 7) is 4.25. The third-order valence-electron chi connectivity index (χ3n) is 2.51. The minimum atomic E-state index is 1.10. The van der Waals surface area contributed by atoms with Crippen molar-refractivity contribution in [3.8, 4) is 11.3 Å². The van der Waals surface area contributed by atoms with Gasteiger partial charge in [0.1, 0.15) is 0 Å². The molecule has 1 aromatic heterocycles. The monoisotopic (exact) mass is 185 g/mol. The lowest BCUT2D eigenvalue weighted by Gasteiger charge is -2.00. The lowest BCUT2D eigenvalue weighted by atomic mass is 10.1. The van der Waals surface area contributed by atoms with Crippen molar-refractivity contribution >= 4 is 0 Å². The third kappa shape index (κ3) is 1.72. The first-order valence-electron chi connectivity index (χ1n) is 5.04. The quantitative estimate of drug-likeness (QED) is 0.736. The van der Waals surface area contributed by atoms with Crippen LogP contribution in [0.5, 0.6) is 0 Å². The summed E-state index contributed by atoms with van der Waals surface area (Å²) in [4.78, 5) is 3.33. The van der Waals surface area contributed by atoms with E-state index in [1.807, 2.05) is 0 Å². The van der Waals surface area contributed by atoms with Crippen LogP contribution >= 0.6 is 0 Å². The van der Waals surface area contributed by atoms with E-state index >= 15 is 0 Å². The molecule has 1 N–H and O–H groups in total. The minimum Gasteiger partial charge on any atom is -0.359 e. The Labute approximate surface area is 84.8 Å². The number of aryl methyl sites for hydroxylation is 2. The van der Waals surface area contributed by atoms with E-state index in [2.05, 4.69) is 55.2 Å². The lowest BCUT2D eigenvalue weighted by molar-refractivity contribution is 1.14. The second-order valence-corrected chi connectivity index (χ2v) is 3.61. The van der Waals surface area contributed by atoms with E-state index in [1.54, 1.807) is 0 Å². The number of hydrogen-bond donors (Lipinski definition) is 1. The maximum Gasteiger partial charge on any atom is 0.0455 e. The number of rotatable bonds is 2. The van der Waals surface area contributed by atoms with E-state index in [1.165, 1.54) is 22.5 Å². The van der Waals surface area contributed by atoms with Crippen LogP contribution in [0.1, 0.15) is 18.2 Å². The van der Waals surface area contributed by atoms with Gasteiger partial charge in [-0.3, -0.25) is 0 Å². The summed E-state index contributed by atoms with van der Waals surface area (Å²) < 4.78 is 0. The van der Waals surface area contributed by atoms with E-state index in [0.717, 1.165) is 6.42 Å². The van der Waals surface area contributed by atoms with Gasteiger partial charge in [-0.15, -0.1) is 0 Å². The average Bonchev–Trinajstić information content (AvgIpc) is 2.65. The topological polar surface area (TPSA) is 15.8 Å². The fourth-order valence-corrected chi connectivity index (χ4v) is 1.59. The number of aromatic amines is 1. The molecule has 1 heteroatoms. The number of nitrogens with one attached hydrogen (secondary N) is 1. The van der Waals surface area contributed by atoms with Crippen LogP contribution in [-0.4, -0.2) is 4.98 Å². The van der Waals surface area contributed by atoms with Crippen molar-refractivity contribution in [1.29, 1.82) is 0 Å². The number of aromatic nitrogens is 1. The number of benzene rings is 1. The fourth-order valence-electron chi connectivity index (χ4n) is 1.59. The van der Waals surface area contributed by atoms with Crippen molar-refractivity contribution in [1.82, 2.24) is 4.98 Å². The molecule has 0 bridgehead atoms. The summed E-state index contributed by atoms with van der Waals surface area (Å²) in [6, 6.07) is 12.9. The van der Waals surface area contributed by atoms with Crippen molar-refractivity contribution < 1.29 is 0 Å². The van der Waals surface area contributed by atoms with Crippen LogP contribution in [0, 0.1) is 6.92 Å². The van der Waals surface area contributed by atoms with Gasteiger partial charge in [-0.2, -0.15) is 0 Å². The largest absolute Gasteiger partial charge is 0.359 e. The predicted octanol–water partition coefficient (Wildman–Crippen LogP) is 3.55. The number of hydrogen-bond acceptors (Lipinski definition) is 0. The molecule has 1 aromatic carbocycles. The summed E-state index contributed by atoms with van der Waals surface area (Å²) >= 11 is 0. The van der Waals surface area contributed by atoms with Gasteiger partial charge in [0.05, 0.1) is 0 Å². The minimum absolute atomic E-state index is 1.10. The summed E-state index contributed by atoms with van der Waals surface area (Å²) in [5.41, 5.74) is 5.05. The van der Waals surface area contributed by atoms with Crippen molar-refractivity contribution in [2.24, 2.45) is 0 Å². The first-order valence-corrected chi connectivity index (χ1v) is 5.04. The molecule has 0 unspecified atom stereocenters. The Morgan fingerprint density at radius 1 is 1.00 bits per heavy atom. The predicted molar refractivity (Wildman–Crippen MR) is 60.3 cm³/mol. The molecule has 0 aliphatic carbocycles. The van der Waals surface area contributed by atoms with Gasteiger partial charge in [0.25, 0.3) is 0 Å². The van der Waals surface area contributed by atoms with Gasteiger partial charge in [-0.25, -0.2) is 0 Å². The first-order chi connectivity index (χ1) is 6.79. The highest BCUT2D eigenvalue weighted by atomic mass is 14.7. The standard InChI is InChI=1S/C13H15N/c1-3-11-5-7-12(8-6-11)13-9-4-10(2)14-13/h4-9,14H,3H2,1-2H3. The molecule has 1 nitrogen and oxygen atoms in total. The normalized spacial score (nSPS) is 10.4. The Bertz CT molecular complexity index is 409. The van der Waals surface area contributed by atoms with E-state index in [0.29, 0.717) is 0 Å². The molecule has 0 aliphatic rings. The molecule has 0 radical (unpaired) electrons. The van der Waals surface area contributed by atoms with Crippen LogP contribution < -0.4 is 0 Å². The zero-order valence-corrected chi connectivity index (χ0v) is 8.67. The van der Waals surface area contributed by atoms with E-state index in [9.17, 15) is 0 Å². The van der Waals surface area contributed by atoms with Crippen LogP contribution in [0.4, 0.5) is 0 Å². The molecule has 0 amide bonds. The molecule has 0 saturated heterocycles. The van der Waals surface area contributed by atoms with Gasteiger partial charge in [-0.05, 0) is 36.6 Å². The maximum absolute atomic E-state index is 3.33. The number of H-pyrrole nitrogens is 1. The molecule has 0 spiro atoms.